The molecule has 1 rings (SSSR count). The minimum atomic E-state index is -0.524. The second-order valence-corrected chi connectivity index (χ2v) is 3.74. The van der Waals surface area contributed by atoms with Crippen molar-refractivity contribution in [3.63, 3.8) is 0 Å². The summed E-state index contributed by atoms with van der Waals surface area (Å²) in [6.07, 6.45) is 1.78. The summed E-state index contributed by atoms with van der Waals surface area (Å²) >= 11 is 1.35. The van der Waals surface area contributed by atoms with Gasteiger partial charge in [-0.2, -0.15) is 0 Å². The van der Waals surface area contributed by atoms with Crippen molar-refractivity contribution in [1.29, 1.82) is 0 Å². The third-order valence-electron chi connectivity index (χ3n) is 1.64. The standard InChI is InChI=1S/C7H10N2O3S/c1-6(10)8-3-2-4-13-7(8)5-9(11)12/h5H,2-4H2,1H3. The summed E-state index contributed by atoms with van der Waals surface area (Å²) in [6.45, 7) is 2.00. The van der Waals surface area contributed by atoms with Crippen LogP contribution in [-0.2, 0) is 4.79 Å². The van der Waals surface area contributed by atoms with E-state index in [1.54, 1.807) is 0 Å². The monoisotopic (exact) mass is 202 g/mol. The van der Waals surface area contributed by atoms with E-state index >= 15 is 0 Å². The summed E-state index contributed by atoms with van der Waals surface area (Å²) in [6, 6.07) is 0. The zero-order valence-corrected chi connectivity index (χ0v) is 8.04. The molecule has 72 valence electrons. The van der Waals surface area contributed by atoms with Crippen LogP contribution in [0.25, 0.3) is 0 Å². The van der Waals surface area contributed by atoms with Crippen molar-refractivity contribution in [2.75, 3.05) is 12.3 Å². The van der Waals surface area contributed by atoms with Crippen molar-refractivity contribution in [3.05, 3.63) is 21.3 Å². The Hall–Kier alpha value is -1.04. The number of amides is 1. The van der Waals surface area contributed by atoms with Gasteiger partial charge in [0.25, 0.3) is 6.20 Å². The fraction of sp³-hybridized carbons (Fsp3) is 0.571. The Morgan fingerprint density at radius 3 is 3.00 bits per heavy atom. The van der Waals surface area contributed by atoms with E-state index < -0.39 is 4.92 Å². The molecule has 1 heterocycles. The lowest BCUT2D eigenvalue weighted by Gasteiger charge is -2.25. The van der Waals surface area contributed by atoms with Crippen molar-refractivity contribution in [3.8, 4) is 0 Å². The van der Waals surface area contributed by atoms with E-state index in [0.717, 1.165) is 18.4 Å². The second-order valence-electron chi connectivity index (χ2n) is 2.63. The summed E-state index contributed by atoms with van der Waals surface area (Å²) in [5, 5.41) is 10.7. The van der Waals surface area contributed by atoms with Gasteiger partial charge in [-0.1, -0.05) is 0 Å². The number of nitrogens with zero attached hydrogens (tertiary/aromatic N) is 2. The molecule has 0 N–H and O–H groups in total. The molecule has 1 amide bonds. The Balaban J connectivity index is 2.78. The van der Waals surface area contributed by atoms with Crippen molar-refractivity contribution in [2.45, 2.75) is 13.3 Å². The van der Waals surface area contributed by atoms with E-state index in [1.165, 1.54) is 23.6 Å². The molecule has 0 spiro atoms. The molecule has 0 unspecified atom stereocenters. The molecule has 0 aromatic rings. The number of hydrogen-bond acceptors (Lipinski definition) is 4. The molecule has 0 atom stereocenters. The molecule has 13 heavy (non-hydrogen) atoms. The van der Waals surface area contributed by atoms with E-state index in [0.29, 0.717) is 11.6 Å². The summed E-state index contributed by atoms with van der Waals surface area (Å²) in [4.78, 5) is 22.2. The van der Waals surface area contributed by atoms with Crippen LogP contribution in [0.15, 0.2) is 11.2 Å². The first kappa shape index (κ1) is 10.0. The van der Waals surface area contributed by atoms with Gasteiger partial charge in [-0.3, -0.25) is 14.9 Å². The van der Waals surface area contributed by atoms with Gasteiger partial charge < -0.3 is 4.90 Å². The molecule has 1 aliphatic heterocycles. The molecule has 1 fully saturated rings. The molecule has 0 radical (unpaired) electrons. The van der Waals surface area contributed by atoms with Crippen LogP contribution in [-0.4, -0.2) is 28.0 Å². The molecule has 5 nitrogen and oxygen atoms in total. The maximum absolute atomic E-state index is 11.0. The van der Waals surface area contributed by atoms with Crippen molar-refractivity contribution in [1.82, 2.24) is 4.90 Å². The number of thioether (sulfide) groups is 1. The van der Waals surface area contributed by atoms with Crippen LogP contribution in [0.2, 0.25) is 0 Å². The Bertz CT molecular complexity index is 264. The third-order valence-corrected chi connectivity index (χ3v) is 2.75. The van der Waals surface area contributed by atoms with Crippen molar-refractivity contribution in [2.24, 2.45) is 0 Å². The molecule has 1 saturated heterocycles. The average molecular weight is 202 g/mol. The number of nitro groups is 1. The van der Waals surface area contributed by atoms with Gasteiger partial charge in [-0.05, 0) is 6.42 Å². The molecule has 6 heteroatoms. The van der Waals surface area contributed by atoms with E-state index in [2.05, 4.69) is 0 Å². The SMILES string of the molecule is CC(=O)N1CCCSC1=C[N+](=O)[O-]. The normalized spacial score (nSPS) is 20.4. The van der Waals surface area contributed by atoms with E-state index in [-0.39, 0.29) is 5.91 Å². The minimum absolute atomic E-state index is 0.139. The average Bonchev–Trinajstić information content (AvgIpc) is 2.03. The molecule has 0 saturated carbocycles. The highest BCUT2D eigenvalue weighted by Crippen LogP contribution is 2.26. The highest BCUT2D eigenvalue weighted by Gasteiger charge is 2.21. The van der Waals surface area contributed by atoms with Crippen LogP contribution in [0, 0.1) is 10.1 Å². The maximum atomic E-state index is 11.0. The largest absolute Gasteiger partial charge is 0.302 e. The lowest BCUT2D eigenvalue weighted by Crippen LogP contribution is -2.31. The molecular weight excluding hydrogens is 192 g/mol. The Morgan fingerprint density at radius 2 is 2.46 bits per heavy atom. The summed E-state index contributed by atoms with van der Waals surface area (Å²) < 4.78 is 0. The van der Waals surface area contributed by atoms with Crippen LogP contribution in [0.5, 0.6) is 0 Å². The van der Waals surface area contributed by atoms with Crippen molar-refractivity contribution >= 4 is 17.7 Å². The Labute approximate surface area is 79.9 Å². The van der Waals surface area contributed by atoms with Crippen molar-refractivity contribution < 1.29 is 9.72 Å². The molecule has 0 aliphatic carbocycles. The smallest absolute Gasteiger partial charge is 0.264 e. The van der Waals surface area contributed by atoms with Crippen LogP contribution in [0.4, 0.5) is 0 Å². The lowest BCUT2D eigenvalue weighted by molar-refractivity contribution is -0.403. The fourth-order valence-corrected chi connectivity index (χ4v) is 2.12. The van der Waals surface area contributed by atoms with E-state index in [1.807, 2.05) is 0 Å². The van der Waals surface area contributed by atoms with Gasteiger partial charge in [0.15, 0.2) is 0 Å². The predicted molar refractivity (Wildman–Crippen MR) is 49.5 cm³/mol. The molecule has 0 bridgehead atoms. The highest BCUT2D eigenvalue weighted by molar-refractivity contribution is 8.03. The zero-order valence-electron chi connectivity index (χ0n) is 7.23. The van der Waals surface area contributed by atoms with Gasteiger partial charge >= 0.3 is 0 Å². The van der Waals surface area contributed by atoms with Gasteiger partial charge in [0.05, 0.1) is 4.92 Å². The first-order valence-electron chi connectivity index (χ1n) is 3.87. The number of carbonyl (C=O) groups excluding carboxylic acids is 1. The highest BCUT2D eigenvalue weighted by atomic mass is 32.2. The summed E-state index contributed by atoms with van der Waals surface area (Å²) in [7, 11) is 0. The first-order chi connectivity index (χ1) is 6.11. The zero-order chi connectivity index (χ0) is 9.84. The third kappa shape index (κ3) is 2.73. The van der Waals surface area contributed by atoms with Crippen LogP contribution in [0.1, 0.15) is 13.3 Å². The Kier molecular flexibility index (Phi) is 3.30. The fourth-order valence-electron chi connectivity index (χ4n) is 1.10. The summed E-state index contributed by atoms with van der Waals surface area (Å²) in [5.74, 6) is 0.698. The quantitative estimate of drug-likeness (QED) is 0.471. The van der Waals surface area contributed by atoms with Crippen LogP contribution >= 0.6 is 11.8 Å². The minimum Gasteiger partial charge on any atom is -0.302 e. The van der Waals surface area contributed by atoms with Gasteiger partial charge in [0.1, 0.15) is 5.03 Å². The van der Waals surface area contributed by atoms with E-state index in [9.17, 15) is 14.9 Å². The predicted octanol–water partition coefficient (Wildman–Crippen LogP) is 1.05. The molecule has 1 aliphatic rings. The molecule has 0 aromatic heterocycles. The number of hydrogen-bond donors (Lipinski definition) is 0. The number of rotatable bonds is 1. The first-order valence-corrected chi connectivity index (χ1v) is 4.86. The second kappa shape index (κ2) is 4.27. The molecule has 0 aromatic carbocycles. The summed E-state index contributed by atoms with van der Waals surface area (Å²) in [5.41, 5.74) is 0. The van der Waals surface area contributed by atoms with Crippen LogP contribution in [0.3, 0.4) is 0 Å². The van der Waals surface area contributed by atoms with Gasteiger partial charge in [0, 0.05) is 19.2 Å². The Morgan fingerprint density at radius 1 is 1.77 bits per heavy atom. The molecular formula is C7H10N2O3S. The van der Waals surface area contributed by atoms with Gasteiger partial charge in [-0.25, -0.2) is 0 Å². The van der Waals surface area contributed by atoms with Gasteiger partial charge in [0.2, 0.25) is 5.91 Å². The lowest BCUT2D eigenvalue weighted by atomic mass is 10.4. The topological polar surface area (TPSA) is 63.5 Å². The van der Waals surface area contributed by atoms with Gasteiger partial charge in [-0.15, -0.1) is 11.8 Å². The maximum Gasteiger partial charge on any atom is 0.264 e. The number of carbonyl (C=O) groups is 1. The van der Waals surface area contributed by atoms with E-state index in [4.69, 9.17) is 0 Å². The van der Waals surface area contributed by atoms with Crippen LogP contribution < -0.4 is 0 Å².